The Labute approximate surface area is 173 Å². The topological polar surface area (TPSA) is 101 Å². The van der Waals surface area contributed by atoms with Crippen LogP contribution in [0.2, 0.25) is 0 Å². The van der Waals surface area contributed by atoms with Crippen LogP contribution in [0.1, 0.15) is 29.8 Å². The first kappa shape index (κ1) is 19.6. The summed E-state index contributed by atoms with van der Waals surface area (Å²) in [4.78, 5) is 26.4. The number of morpholine rings is 1. The van der Waals surface area contributed by atoms with E-state index in [1.54, 1.807) is 36.4 Å². The van der Waals surface area contributed by atoms with Crippen LogP contribution in [0.4, 0.5) is 11.4 Å². The zero-order valence-electron chi connectivity index (χ0n) is 16.6. The summed E-state index contributed by atoms with van der Waals surface area (Å²) in [5.74, 6) is -0.425. The number of carbonyl (C=O) groups excluding carboxylic acids is 1. The van der Waals surface area contributed by atoms with Crippen LogP contribution in [0.3, 0.4) is 0 Å². The average Bonchev–Trinajstić information content (AvgIpc) is 3.11. The van der Waals surface area contributed by atoms with Gasteiger partial charge >= 0.3 is 0 Å². The largest absolute Gasteiger partial charge is 0.372 e. The molecule has 1 fully saturated rings. The summed E-state index contributed by atoms with van der Waals surface area (Å²) in [6.45, 7) is 4.92. The van der Waals surface area contributed by atoms with Gasteiger partial charge in [0.15, 0.2) is 0 Å². The van der Waals surface area contributed by atoms with Gasteiger partial charge in [0, 0.05) is 36.3 Å². The van der Waals surface area contributed by atoms with Gasteiger partial charge in [0.1, 0.15) is 11.8 Å². The van der Waals surface area contributed by atoms with Crippen molar-refractivity contribution in [1.82, 2.24) is 4.57 Å². The van der Waals surface area contributed by atoms with Gasteiger partial charge in [-0.2, -0.15) is 5.26 Å². The Bertz CT molecular complexity index is 1180. The molecule has 3 aromatic rings. The van der Waals surface area contributed by atoms with Crippen molar-refractivity contribution in [2.45, 2.75) is 26.1 Å². The summed E-state index contributed by atoms with van der Waals surface area (Å²) in [6, 6.07) is 13.7. The summed E-state index contributed by atoms with van der Waals surface area (Å²) < 4.78 is 7.08. The van der Waals surface area contributed by atoms with E-state index in [9.17, 15) is 20.2 Å². The van der Waals surface area contributed by atoms with Crippen LogP contribution in [0.5, 0.6) is 0 Å². The summed E-state index contributed by atoms with van der Waals surface area (Å²) >= 11 is 0. The van der Waals surface area contributed by atoms with Gasteiger partial charge in [-0.25, -0.2) is 0 Å². The van der Waals surface area contributed by atoms with Crippen LogP contribution >= 0.6 is 0 Å². The molecule has 1 aliphatic heterocycles. The minimum Gasteiger partial charge on any atom is -0.372 e. The summed E-state index contributed by atoms with van der Waals surface area (Å²) in [6.07, 6.45) is 1.37. The molecule has 1 aliphatic rings. The van der Waals surface area contributed by atoms with Crippen LogP contribution in [-0.4, -0.2) is 40.7 Å². The number of fused-ring (bicyclic) bond motifs is 1. The average molecular weight is 404 g/mol. The van der Waals surface area contributed by atoms with E-state index < -0.39 is 10.8 Å². The number of carbonyl (C=O) groups is 1. The molecular weight excluding hydrogens is 384 g/mol. The Balaban J connectivity index is 1.76. The first-order valence-electron chi connectivity index (χ1n) is 9.62. The van der Waals surface area contributed by atoms with Crippen LogP contribution in [0, 0.1) is 21.4 Å². The number of benzene rings is 2. The lowest BCUT2D eigenvalue weighted by Gasteiger charge is -2.36. The minimum atomic E-state index is -0.467. The van der Waals surface area contributed by atoms with E-state index in [-0.39, 0.29) is 23.5 Å². The second-order valence-electron chi connectivity index (χ2n) is 7.47. The van der Waals surface area contributed by atoms with Crippen LogP contribution in [-0.2, 0) is 4.74 Å². The third-order valence-electron chi connectivity index (χ3n) is 5.23. The van der Waals surface area contributed by atoms with Crippen LogP contribution in [0.25, 0.3) is 10.9 Å². The molecule has 8 heteroatoms. The molecule has 0 saturated carbocycles. The second-order valence-corrected chi connectivity index (χ2v) is 7.47. The number of aromatic nitrogens is 1. The molecular formula is C22H20N4O4. The molecule has 0 N–H and O–H groups in total. The van der Waals surface area contributed by atoms with Crippen molar-refractivity contribution in [3.8, 4) is 6.07 Å². The third kappa shape index (κ3) is 3.40. The Morgan fingerprint density at radius 2 is 1.90 bits per heavy atom. The third-order valence-corrected chi connectivity index (χ3v) is 5.23. The molecule has 0 spiro atoms. The van der Waals surface area contributed by atoms with E-state index in [1.807, 2.05) is 18.7 Å². The van der Waals surface area contributed by atoms with Crippen molar-refractivity contribution in [2.75, 3.05) is 18.0 Å². The van der Waals surface area contributed by atoms with Crippen molar-refractivity contribution in [3.05, 3.63) is 69.9 Å². The highest BCUT2D eigenvalue weighted by Crippen LogP contribution is 2.32. The number of nitro benzene ring substituents is 1. The van der Waals surface area contributed by atoms with Crippen molar-refractivity contribution in [3.63, 3.8) is 0 Å². The molecule has 4 rings (SSSR count). The predicted octanol–water partition coefficient (Wildman–Crippen LogP) is 3.72. The Kier molecular flexibility index (Phi) is 4.98. The smallest absolute Gasteiger partial charge is 0.293 e. The fraction of sp³-hybridized carbons (Fsp3) is 0.273. The predicted molar refractivity (Wildman–Crippen MR) is 112 cm³/mol. The summed E-state index contributed by atoms with van der Waals surface area (Å²) in [7, 11) is 0. The van der Waals surface area contributed by atoms with Gasteiger partial charge in [0.05, 0.1) is 28.2 Å². The Hall–Kier alpha value is -3.70. The highest BCUT2D eigenvalue weighted by Gasteiger charge is 2.28. The van der Waals surface area contributed by atoms with E-state index in [2.05, 4.69) is 6.07 Å². The number of rotatable bonds is 3. The quantitative estimate of drug-likeness (QED) is 0.487. The zero-order chi connectivity index (χ0) is 21.4. The van der Waals surface area contributed by atoms with E-state index in [0.29, 0.717) is 35.2 Å². The van der Waals surface area contributed by atoms with Crippen molar-refractivity contribution in [1.29, 1.82) is 5.26 Å². The number of hydrogen-bond donors (Lipinski definition) is 0. The lowest BCUT2D eigenvalue weighted by Crippen LogP contribution is -2.45. The number of nitrogens with zero attached hydrogens (tertiary/aromatic N) is 4. The molecule has 2 heterocycles. The first-order chi connectivity index (χ1) is 14.4. The van der Waals surface area contributed by atoms with E-state index in [4.69, 9.17) is 4.74 Å². The van der Waals surface area contributed by atoms with Gasteiger partial charge in [0.25, 0.3) is 11.6 Å². The van der Waals surface area contributed by atoms with Gasteiger partial charge in [0.2, 0.25) is 0 Å². The van der Waals surface area contributed by atoms with Crippen LogP contribution in [0.15, 0.2) is 48.7 Å². The maximum Gasteiger partial charge on any atom is 0.293 e. The van der Waals surface area contributed by atoms with Crippen molar-refractivity contribution < 1.29 is 14.5 Å². The molecule has 0 amide bonds. The SMILES string of the molecule is C[C@H]1CN(c2ccc(C(=O)n3cc(C#N)c4ccccc43)cc2[N+](=O)[O-])C[C@H](C)O1. The Morgan fingerprint density at radius 1 is 1.20 bits per heavy atom. The number of para-hydroxylation sites is 1. The molecule has 8 nitrogen and oxygen atoms in total. The highest BCUT2D eigenvalue weighted by atomic mass is 16.6. The molecule has 0 bridgehead atoms. The maximum atomic E-state index is 13.2. The van der Waals surface area contributed by atoms with Gasteiger partial charge in [-0.3, -0.25) is 19.5 Å². The maximum absolute atomic E-state index is 13.2. The van der Waals surface area contributed by atoms with Crippen molar-refractivity contribution >= 4 is 28.2 Å². The van der Waals surface area contributed by atoms with E-state index in [0.717, 1.165) is 0 Å². The number of anilines is 1. The summed E-state index contributed by atoms with van der Waals surface area (Å²) in [5, 5.41) is 21.8. The Morgan fingerprint density at radius 3 is 2.57 bits per heavy atom. The van der Waals surface area contributed by atoms with Crippen molar-refractivity contribution in [2.24, 2.45) is 0 Å². The van der Waals surface area contributed by atoms with E-state index in [1.165, 1.54) is 16.8 Å². The van der Waals surface area contributed by atoms with Gasteiger partial charge in [-0.15, -0.1) is 0 Å². The van der Waals surface area contributed by atoms with Gasteiger partial charge < -0.3 is 9.64 Å². The minimum absolute atomic E-state index is 0.0506. The van der Waals surface area contributed by atoms with Gasteiger partial charge in [-0.05, 0) is 32.0 Å². The molecule has 152 valence electrons. The standard InChI is InChI=1S/C22H20N4O4/c1-14-11-24(12-15(2)30-14)20-8-7-16(9-21(20)26(28)29)22(27)25-13-17(10-23)18-5-3-4-6-19(18)25/h3-9,13-15H,11-12H2,1-2H3/t14-,15-/m0/s1. The number of nitriles is 1. The highest BCUT2D eigenvalue weighted by molar-refractivity contribution is 6.04. The first-order valence-corrected chi connectivity index (χ1v) is 9.62. The fourth-order valence-corrected chi connectivity index (χ4v) is 4.02. The number of nitro groups is 1. The van der Waals surface area contributed by atoms with Gasteiger partial charge in [-0.1, -0.05) is 18.2 Å². The molecule has 1 aromatic heterocycles. The second kappa shape index (κ2) is 7.61. The molecule has 2 aromatic carbocycles. The normalized spacial score (nSPS) is 18.9. The fourth-order valence-electron chi connectivity index (χ4n) is 4.02. The summed E-state index contributed by atoms with van der Waals surface area (Å²) in [5.41, 5.74) is 1.49. The molecule has 0 unspecified atom stereocenters. The molecule has 30 heavy (non-hydrogen) atoms. The van der Waals surface area contributed by atoms with Crippen LogP contribution < -0.4 is 4.90 Å². The molecule has 1 saturated heterocycles. The number of ether oxygens (including phenoxy) is 1. The number of hydrogen-bond acceptors (Lipinski definition) is 6. The zero-order valence-corrected chi connectivity index (χ0v) is 16.6. The molecule has 2 atom stereocenters. The monoisotopic (exact) mass is 404 g/mol. The molecule has 0 radical (unpaired) electrons. The lowest BCUT2D eigenvalue weighted by atomic mass is 10.1. The molecule has 0 aliphatic carbocycles. The lowest BCUT2D eigenvalue weighted by molar-refractivity contribution is -0.384. The van der Waals surface area contributed by atoms with E-state index >= 15 is 0 Å².